The quantitative estimate of drug-likeness (QED) is 0.775. The van der Waals surface area contributed by atoms with Crippen LogP contribution >= 0.6 is 0 Å². The van der Waals surface area contributed by atoms with Gasteiger partial charge in [0.15, 0.2) is 17.3 Å². The molecule has 0 amide bonds. The van der Waals surface area contributed by atoms with Crippen molar-refractivity contribution >= 4 is 16.9 Å². The van der Waals surface area contributed by atoms with Crippen molar-refractivity contribution in [2.24, 2.45) is 11.8 Å². The van der Waals surface area contributed by atoms with Crippen LogP contribution in [0.2, 0.25) is 0 Å². The number of rotatable bonds is 3. The largest absolute Gasteiger partial charge is 0.441 e. The second-order valence-corrected chi connectivity index (χ2v) is 4.63. The molecule has 4 nitrogen and oxygen atoms in total. The Bertz CT molecular complexity index is 635. The van der Waals surface area contributed by atoms with Crippen molar-refractivity contribution < 1.29 is 9.21 Å². The van der Waals surface area contributed by atoms with Crippen LogP contribution in [-0.2, 0) is 0 Å². The molecule has 1 aromatic carbocycles. The number of nitriles is 1. The summed E-state index contributed by atoms with van der Waals surface area (Å²) >= 11 is 0. The highest BCUT2D eigenvalue weighted by molar-refractivity contribution is 6.01. The Balaban J connectivity index is 2.42. The van der Waals surface area contributed by atoms with Crippen molar-refractivity contribution in [3.05, 3.63) is 29.7 Å². The summed E-state index contributed by atoms with van der Waals surface area (Å²) in [5, 5.41) is 9.04. The van der Waals surface area contributed by atoms with E-state index in [4.69, 9.17) is 9.68 Å². The molecule has 0 aliphatic carbocycles. The third kappa shape index (κ3) is 2.12. The second kappa shape index (κ2) is 4.61. The molecule has 0 bridgehead atoms. The maximum absolute atomic E-state index is 12.2. The first-order chi connectivity index (χ1) is 8.52. The van der Waals surface area contributed by atoms with E-state index < -0.39 is 5.92 Å². The number of ketones is 1. The lowest BCUT2D eigenvalue weighted by molar-refractivity contribution is 0.0924. The van der Waals surface area contributed by atoms with Crippen molar-refractivity contribution in [2.75, 3.05) is 0 Å². The molecule has 1 heterocycles. The summed E-state index contributed by atoms with van der Waals surface area (Å²) in [6.45, 7) is 5.49. The number of oxazole rings is 1. The van der Waals surface area contributed by atoms with Gasteiger partial charge in [-0.2, -0.15) is 5.26 Å². The van der Waals surface area contributed by atoms with Crippen LogP contribution in [0.15, 0.2) is 22.6 Å². The van der Waals surface area contributed by atoms with Gasteiger partial charge in [0, 0.05) is 12.5 Å². The van der Waals surface area contributed by atoms with Crippen molar-refractivity contribution in [1.29, 1.82) is 5.26 Å². The molecule has 2 rings (SSSR count). The van der Waals surface area contributed by atoms with Crippen molar-refractivity contribution in [2.45, 2.75) is 20.8 Å². The highest BCUT2D eigenvalue weighted by atomic mass is 16.3. The van der Waals surface area contributed by atoms with Crippen LogP contribution in [0.4, 0.5) is 0 Å². The molecule has 0 saturated carbocycles. The van der Waals surface area contributed by atoms with E-state index in [-0.39, 0.29) is 11.7 Å². The standard InChI is InChI=1S/C14H14N2O2/c1-8(2)11(7-15)14(17)10-4-5-13-12(6-10)16-9(3)18-13/h4-6,8,11H,1-3H3. The minimum absolute atomic E-state index is 0.00255. The Morgan fingerprint density at radius 2 is 2.17 bits per heavy atom. The average molecular weight is 242 g/mol. The molecule has 0 fully saturated rings. The number of Topliss-reactive ketones (excluding diaryl/α,β-unsaturated/α-hetero) is 1. The van der Waals surface area contributed by atoms with Crippen LogP contribution in [0.3, 0.4) is 0 Å². The fourth-order valence-electron chi connectivity index (χ4n) is 1.89. The third-order valence-electron chi connectivity index (χ3n) is 2.87. The van der Waals surface area contributed by atoms with Crippen LogP contribution in [-0.4, -0.2) is 10.8 Å². The van der Waals surface area contributed by atoms with Crippen molar-refractivity contribution in [1.82, 2.24) is 4.98 Å². The number of fused-ring (bicyclic) bond motifs is 1. The first-order valence-corrected chi connectivity index (χ1v) is 5.84. The lowest BCUT2D eigenvalue weighted by Crippen LogP contribution is -2.18. The van der Waals surface area contributed by atoms with Crippen molar-refractivity contribution in [3.63, 3.8) is 0 Å². The summed E-state index contributed by atoms with van der Waals surface area (Å²) in [7, 11) is 0. The van der Waals surface area contributed by atoms with Gasteiger partial charge in [-0.05, 0) is 24.1 Å². The van der Waals surface area contributed by atoms with Crippen LogP contribution in [0.1, 0.15) is 30.1 Å². The Morgan fingerprint density at radius 3 is 2.78 bits per heavy atom. The Kier molecular flexibility index (Phi) is 3.15. The smallest absolute Gasteiger partial charge is 0.192 e. The van der Waals surface area contributed by atoms with E-state index in [0.717, 1.165) is 0 Å². The second-order valence-electron chi connectivity index (χ2n) is 4.63. The van der Waals surface area contributed by atoms with E-state index in [1.54, 1.807) is 25.1 Å². The molecule has 0 N–H and O–H groups in total. The summed E-state index contributed by atoms with van der Waals surface area (Å²) < 4.78 is 5.35. The molecule has 0 saturated heterocycles. The maximum Gasteiger partial charge on any atom is 0.192 e. The van der Waals surface area contributed by atoms with Gasteiger partial charge < -0.3 is 4.42 Å². The molecule has 0 spiro atoms. The third-order valence-corrected chi connectivity index (χ3v) is 2.87. The monoisotopic (exact) mass is 242 g/mol. The highest BCUT2D eigenvalue weighted by Gasteiger charge is 2.23. The van der Waals surface area contributed by atoms with Gasteiger partial charge >= 0.3 is 0 Å². The predicted octanol–water partition coefficient (Wildman–Crippen LogP) is 3.11. The Morgan fingerprint density at radius 1 is 1.44 bits per heavy atom. The topological polar surface area (TPSA) is 66.9 Å². The molecule has 0 radical (unpaired) electrons. The summed E-state index contributed by atoms with van der Waals surface area (Å²) in [6.07, 6.45) is 0. The number of aryl methyl sites for hydroxylation is 1. The van der Waals surface area contributed by atoms with E-state index in [1.807, 2.05) is 13.8 Å². The Labute approximate surface area is 105 Å². The number of carbonyl (C=O) groups is 1. The fourth-order valence-corrected chi connectivity index (χ4v) is 1.89. The summed E-state index contributed by atoms with van der Waals surface area (Å²) in [4.78, 5) is 16.4. The van der Waals surface area contributed by atoms with Crippen LogP contribution in [0.5, 0.6) is 0 Å². The molecule has 18 heavy (non-hydrogen) atoms. The molecular formula is C14H14N2O2. The van der Waals surface area contributed by atoms with E-state index in [1.165, 1.54) is 0 Å². The number of hydrogen-bond acceptors (Lipinski definition) is 4. The van der Waals surface area contributed by atoms with Gasteiger partial charge in [-0.15, -0.1) is 0 Å². The van der Waals surface area contributed by atoms with Crippen LogP contribution in [0.25, 0.3) is 11.1 Å². The first-order valence-electron chi connectivity index (χ1n) is 5.84. The van der Waals surface area contributed by atoms with Crippen molar-refractivity contribution in [3.8, 4) is 6.07 Å². The normalized spacial score (nSPS) is 12.6. The highest BCUT2D eigenvalue weighted by Crippen LogP contribution is 2.21. The summed E-state index contributed by atoms with van der Waals surface area (Å²) in [5.41, 5.74) is 1.82. The number of benzene rings is 1. The predicted molar refractivity (Wildman–Crippen MR) is 67.0 cm³/mol. The fraction of sp³-hybridized carbons (Fsp3) is 0.357. The molecule has 2 aromatic rings. The van der Waals surface area contributed by atoms with E-state index in [0.29, 0.717) is 22.6 Å². The molecular weight excluding hydrogens is 228 g/mol. The van der Waals surface area contributed by atoms with Gasteiger partial charge in [-0.1, -0.05) is 13.8 Å². The average Bonchev–Trinajstić information content (AvgIpc) is 2.68. The molecule has 4 heteroatoms. The lowest BCUT2D eigenvalue weighted by Gasteiger charge is -2.11. The SMILES string of the molecule is Cc1nc2cc(C(=O)C(C#N)C(C)C)ccc2o1. The van der Waals surface area contributed by atoms with Crippen LogP contribution in [0, 0.1) is 30.1 Å². The minimum atomic E-state index is -0.615. The van der Waals surface area contributed by atoms with Gasteiger partial charge in [0.2, 0.25) is 0 Å². The van der Waals surface area contributed by atoms with Crippen LogP contribution < -0.4 is 0 Å². The number of aromatic nitrogens is 1. The minimum Gasteiger partial charge on any atom is -0.441 e. The van der Waals surface area contributed by atoms with E-state index >= 15 is 0 Å². The number of hydrogen-bond donors (Lipinski definition) is 0. The zero-order chi connectivity index (χ0) is 13.3. The van der Waals surface area contributed by atoms with E-state index in [2.05, 4.69) is 11.1 Å². The molecule has 0 aliphatic rings. The summed E-state index contributed by atoms with van der Waals surface area (Å²) in [6, 6.07) is 7.14. The van der Waals surface area contributed by atoms with Gasteiger partial charge in [0.1, 0.15) is 11.4 Å². The Hall–Kier alpha value is -2.15. The zero-order valence-corrected chi connectivity index (χ0v) is 10.6. The molecule has 0 aliphatic heterocycles. The lowest BCUT2D eigenvalue weighted by atomic mass is 9.89. The molecule has 92 valence electrons. The van der Waals surface area contributed by atoms with Gasteiger partial charge in [-0.25, -0.2) is 4.98 Å². The number of carbonyl (C=O) groups excluding carboxylic acids is 1. The first kappa shape index (κ1) is 12.3. The van der Waals surface area contributed by atoms with E-state index in [9.17, 15) is 4.79 Å². The zero-order valence-electron chi connectivity index (χ0n) is 10.6. The van der Waals surface area contributed by atoms with Gasteiger partial charge in [0.25, 0.3) is 0 Å². The number of nitrogens with zero attached hydrogens (tertiary/aromatic N) is 2. The van der Waals surface area contributed by atoms with Gasteiger partial charge in [-0.3, -0.25) is 4.79 Å². The molecule has 1 aromatic heterocycles. The molecule has 1 atom stereocenters. The van der Waals surface area contributed by atoms with Gasteiger partial charge in [0.05, 0.1) is 6.07 Å². The molecule has 1 unspecified atom stereocenters. The maximum atomic E-state index is 12.2. The summed E-state index contributed by atoms with van der Waals surface area (Å²) in [5.74, 6) is -0.210.